The van der Waals surface area contributed by atoms with Gasteiger partial charge in [-0.1, -0.05) is 35.0 Å². The van der Waals surface area contributed by atoms with Crippen molar-refractivity contribution >= 4 is 22.6 Å². The zero-order valence-corrected chi connectivity index (χ0v) is 19.1. The number of aromatic nitrogens is 3. The fourth-order valence-corrected chi connectivity index (χ4v) is 3.80. The summed E-state index contributed by atoms with van der Waals surface area (Å²) in [4.78, 5) is 14.9. The van der Waals surface area contributed by atoms with Crippen LogP contribution in [0.25, 0.3) is 11.0 Å². The predicted molar refractivity (Wildman–Crippen MR) is 130 cm³/mol. The topological polar surface area (TPSA) is 94.1 Å². The number of phenols is 1. The van der Waals surface area contributed by atoms with Crippen LogP contribution < -0.4 is 4.74 Å². The smallest absolute Gasteiger partial charge is 0.227 e. The zero-order valence-electron chi connectivity index (χ0n) is 19.1. The summed E-state index contributed by atoms with van der Waals surface area (Å²) >= 11 is 0. The zero-order chi connectivity index (χ0) is 23.7. The van der Waals surface area contributed by atoms with E-state index in [0.717, 1.165) is 27.8 Å². The number of ether oxygens (including phenoxy) is 1. The van der Waals surface area contributed by atoms with Crippen LogP contribution in [-0.2, 0) is 18.5 Å². The van der Waals surface area contributed by atoms with Crippen molar-refractivity contribution in [3.8, 4) is 11.6 Å². The summed E-state index contributed by atoms with van der Waals surface area (Å²) in [6.45, 7) is 4.31. The van der Waals surface area contributed by atoms with Crippen LogP contribution in [0.3, 0.4) is 0 Å². The van der Waals surface area contributed by atoms with Crippen LogP contribution in [0.2, 0.25) is 0 Å². The molecule has 2 aromatic heterocycles. The molecule has 0 amide bonds. The molecule has 0 unspecified atom stereocenters. The molecule has 3 heterocycles. The first-order chi connectivity index (χ1) is 16.5. The van der Waals surface area contributed by atoms with Gasteiger partial charge in [-0.05, 0) is 49.7 Å². The molecule has 0 saturated carbocycles. The summed E-state index contributed by atoms with van der Waals surface area (Å²) < 4.78 is 7.92. The number of amidine groups is 1. The Bertz CT molecular complexity index is 1470. The van der Waals surface area contributed by atoms with Crippen molar-refractivity contribution in [2.75, 3.05) is 0 Å². The largest absolute Gasteiger partial charge is 0.508 e. The second-order valence-corrected chi connectivity index (χ2v) is 8.07. The summed E-state index contributed by atoms with van der Waals surface area (Å²) in [6, 6.07) is 16.8. The number of phenolic OH excluding ortho intramolecular Hbond substituents is 1. The second kappa shape index (κ2) is 8.82. The number of rotatable bonds is 5. The number of aliphatic imine (C=N–C) groups is 1. The number of allylic oxidation sites excluding steroid dienone is 1. The van der Waals surface area contributed by atoms with E-state index in [2.05, 4.69) is 16.3 Å². The van der Waals surface area contributed by atoms with Crippen molar-refractivity contribution in [3.05, 3.63) is 94.9 Å². The average Bonchev–Trinajstić information content (AvgIpc) is 2.99. The van der Waals surface area contributed by atoms with Crippen LogP contribution in [0, 0.1) is 13.8 Å². The van der Waals surface area contributed by atoms with Gasteiger partial charge in [-0.25, -0.2) is 4.99 Å². The van der Waals surface area contributed by atoms with Gasteiger partial charge in [0.2, 0.25) is 11.7 Å². The highest BCUT2D eigenvalue weighted by atomic mass is 16.6. The minimum absolute atomic E-state index is 0.181. The van der Waals surface area contributed by atoms with Gasteiger partial charge in [0.25, 0.3) is 0 Å². The molecule has 34 heavy (non-hydrogen) atoms. The molecule has 0 spiro atoms. The van der Waals surface area contributed by atoms with Gasteiger partial charge < -0.3 is 14.7 Å². The van der Waals surface area contributed by atoms with E-state index in [1.54, 1.807) is 35.0 Å². The first kappa shape index (κ1) is 21.4. The van der Waals surface area contributed by atoms with Crippen molar-refractivity contribution in [3.63, 3.8) is 0 Å². The Hall–Kier alpha value is -4.46. The third-order valence-electron chi connectivity index (χ3n) is 5.48. The Morgan fingerprint density at radius 2 is 1.88 bits per heavy atom. The predicted octanol–water partition coefficient (Wildman–Crippen LogP) is 4.56. The van der Waals surface area contributed by atoms with Gasteiger partial charge in [-0.2, -0.15) is 10.1 Å². The van der Waals surface area contributed by atoms with Crippen LogP contribution in [0.5, 0.6) is 11.6 Å². The number of oxime groups is 1. The van der Waals surface area contributed by atoms with Gasteiger partial charge in [-0.3, -0.25) is 4.68 Å². The Kier molecular flexibility index (Phi) is 5.55. The molecule has 0 fully saturated rings. The molecular weight excluding hydrogens is 430 g/mol. The van der Waals surface area contributed by atoms with Crippen LogP contribution in [-0.4, -0.2) is 31.4 Å². The highest BCUT2D eigenvalue weighted by Crippen LogP contribution is 2.27. The molecule has 1 N–H and O–H groups in total. The molecular formula is C26H23N5O3. The maximum absolute atomic E-state index is 9.64. The average molecular weight is 454 g/mol. The molecule has 1 aliphatic heterocycles. The molecule has 4 aromatic rings. The van der Waals surface area contributed by atoms with Crippen LogP contribution in [0.15, 0.2) is 77.1 Å². The minimum Gasteiger partial charge on any atom is -0.508 e. The van der Waals surface area contributed by atoms with Crippen molar-refractivity contribution in [1.29, 1.82) is 0 Å². The number of hydrogen-bond donors (Lipinski definition) is 1. The van der Waals surface area contributed by atoms with Crippen molar-refractivity contribution in [1.82, 2.24) is 14.8 Å². The lowest BCUT2D eigenvalue weighted by molar-refractivity contribution is 0.268. The fraction of sp³-hybridized carbons (Fsp3) is 0.154. The number of benzene rings is 2. The van der Waals surface area contributed by atoms with Crippen LogP contribution in [0.1, 0.15) is 27.9 Å². The van der Waals surface area contributed by atoms with Crippen molar-refractivity contribution in [2.24, 2.45) is 17.2 Å². The minimum atomic E-state index is 0.181. The number of hydrogen-bond acceptors (Lipinski definition) is 7. The summed E-state index contributed by atoms with van der Waals surface area (Å²) in [7, 11) is 1.85. The summed E-state index contributed by atoms with van der Waals surface area (Å²) in [5.74, 6) is 0.890. The normalized spacial score (nSPS) is 13.3. The van der Waals surface area contributed by atoms with Crippen LogP contribution >= 0.6 is 0 Å². The molecule has 5 rings (SSSR count). The number of aryl methyl sites for hydroxylation is 3. The van der Waals surface area contributed by atoms with Gasteiger partial charge in [0, 0.05) is 24.1 Å². The number of fused-ring (bicyclic) bond motifs is 1. The standard InChI is InChI=1S/C26H23N5O3/c1-16-5-4-6-18(13-16)15-33-26-22(14-21-17(2)29-31(3)25(21)28-26)24-27-23(11-12-34-30-24)19-7-9-20(32)10-8-19/h4-14,32H,15H2,1-3H3. The van der Waals surface area contributed by atoms with Gasteiger partial charge in [0.05, 0.1) is 17.0 Å². The van der Waals surface area contributed by atoms with Gasteiger partial charge in [-0.15, -0.1) is 0 Å². The Morgan fingerprint density at radius 3 is 2.68 bits per heavy atom. The molecule has 2 aromatic carbocycles. The lowest BCUT2D eigenvalue weighted by atomic mass is 10.1. The van der Waals surface area contributed by atoms with Crippen molar-refractivity contribution < 1.29 is 14.7 Å². The lowest BCUT2D eigenvalue weighted by Gasteiger charge is -2.12. The van der Waals surface area contributed by atoms with E-state index in [1.807, 2.05) is 45.2 Å². The molecule has 0 aliphatic carbocycles. The van der Waals surface area contributed by atoms with E-state index >= 15 is 0 Å². The third kappa shape index (κ3) is 4.25. The van der Waals surface area contributed by atoms with Gasteiger partial charge >= 0.3 is 0 Å². The monoisotopic (exact) mass is 453 g/mol. The maximum atomic E-state index is 9.64. The maximum Gasteiger partial charge on any atom is 0.227 e. The molecule has 0 atom stereocenters. The molecule has 1 aliphatic rings. The van der Waals surface area contributed by atoms with E-state index in [4.69, 9.17) is 19.6 Å². The lowest BCUT2D eigenvalue weighted by Crippen LogP contribution is -2.09. The third-order valence-corrected chi connectivity index (χ3v) is 5.48. The summed E-state index contributed by atoms with van der Waals surface area (Å²) in [5, 5.41) is 19.2. The second-order valence-electron chi connectivity index (χ2n) is 8.07. The first-order valence-electron chi connectivity index (χ1n) is 10.8. The quantitative estimate of drug-likeness (QED) is 0.478. The van der Waals surface area contributed by atoms with E-state index in [-0.39, 0.29) is 5.75 Å². The molecule has 0 radical (unpaired) electrons. The molecule has 8 heteroatoms. The molecule has 8 nitrogen and oxygen atoms in total. The Balaban J connectivity index is 1.59. The molecule has 0 saturated heterocycles. The van der Waals surface area contributed by atoms with E-state index in [0.29, 0.717) is 35.2 Å². The number of pyridine rings is 1. The Labute approximate surface area is 196 Å². The van der Waals surface area contributed by atoms with E-state index < -0.39 is 0 Å². The van der Waals surface area contributed by atoms with Crippen LogP contribution in [0.4, 0.5) is 0 Å². The molecule has 0 bridgehead atoms. The molecule has 170 valence electrons. The number of nitrogens with zero attached hydrogens (tertiary/aromatic N) is 5. The number of aromatic hydroxyl groups is 1. The SMILES string of the molecule is Cc1cccc(COc2nc3c(cc2C2=NOC=CC(c4ccc(O)cc4)=N2)c(C)nn3C)c1. The van der Waals surface area contributed by atoms with Crippen molar-refractivity contribution in [2.45, 2.75) is 20.5 Å². The van der Waals surface area contributed by atoms with E-state index in [1.165, 1.54) is 6.26 Å². The fourth-order valence-electron chi connectivity index (χ4n) is 3.80. The highest BCUT2D eigenvalue weighted by Gasteiger charge is 2.20. The first-order valence-corrected chi connectivity index (χ1v) is 10.8. The van der Waals surface area contributed by atoms with E-state index in [9.17, 15) is 5.11 Å². The van der Waals surface area contributed by atoms with Gasteiger partial charge in [0.1, 0.15) is 18.6 Å². The Morgan fingerprint density at radius 1 is 1.06 bits per heavy atom. The summed E-state index contributed by atoms with van der Waals surface area (Å²) in [6.07, 6.45) is 3.19. The highest BCUT2D eigenvalue weighted by molar-refractivity contribution is 6.18. The van der Waals surface area contributed by atoms with Gasteiger partial charge in [0.15, 0.2) is 5.65 Å². The summed E-state index contributed by atoms with van der Waals surface area (Å²) in [5.41, 5.74) is 5.76.